The van der Waals surface area contributed by atoms with Crippen LogP contribution < -0.4 is 19.1 Å². The number of hydrogen-bond acceptors (Lipinski definition) is 10. The summed E-state index contributed by atoms with van der Waals surface area (Å²) in [6.45, 7) is 2.42. The summed E-state index contributed by atoms with van der Waals surface area (Å²) in [6, 6.07) is 14.0. The van der Waals surface area contributed by atoms with Crippen LogP contribution in [0.15, 0.2) is 73.2 Å². The molecule has 0 aliphatic carbocycles. The zero-order chi connectivity index (χ0) is 38.1. The number of benzene rings is 2. The number of ether oxygens (including phenoxy) is 4. The van der Waals surface area contributed by atoms with Crippen molar-refractivity contribution >= 4 is 47.6 Å². The molecule has 7 rings (SSSR count). The number of anilines is 1. The van der Waals surface area contributed by atoms with Gasteiger partial charge in [-0.15, -0.1) is 0 Å². The lowest BCUT2D eigenvalue weighted by Gasteiger charge is -2.44. The van der Waals surface area contributed by atoms with Crippen molar-refractivity contribution in [2.45, 2.75) is 38.0 Å². The summed E-state index contributed by atoms with van der Waals surface area (Å²) in [6.07, 6.45) is 3.85. The maximum absolute atomic E-state index is 14.2. The molecule has 13 nitrogen and oxygen atoms in total. The number of fused-ring (bicyclic) bond motifs is 3. The molecule has 0 saturated carbocycles. The first-order valence-electron chi connectivity index (χ1n) is 16.5. The van der Waals surface area contributed by atoms with E-state index in [2.05, 4.69) is 9.88 Å². The van der Waals surface area contributed by atoms with Crippen molar-refractivity contribution in [3.05, 3.63) is 117 Å². The molecular weight excluding hydrogens is 734 g/mol. The van der Waals surface area contributed by atoms with Crippen LogP contribution in [0.3, 0.4) is 0 Å². The fourth-order valence-electron chi connectivity index (χ4n) is 6.34. The van der Waals surface area contributed by atoms with E-state index in [9.17, 15) is 19.2 Å². The van der Waals surface area contributed by atoms with Crippen molar-refractivity contribution in [1.29, 1.82) is 0 Å². The Morgan fingerprint density at radius 3 is 2.30 bits per heavy atom. The van der Waals surface area contributed by atoms with Gasteiger partial charge in [-0.2, -0.15) is 4.73 Å². The van der Waals surface area contributed by atoms with Gasteiger partial charge in [-0.05, 0) is 73.3 Å². The SMILES string of the molecule is COc1ccc([C@H](Cc2c(Cl)c[n+]([O-])cc2Cl)OC(=O)c2ccc(CN(C(=O)O[C@H]3CN4CCC3CC4)c3cc(F)ccn3)cc2)cc1OC.O=CO. The molecule has 2 aromatic carbocycles. The molecule has 4 aromatic rings. The highest BCUT2D eigenvalue weighted by Crippen LogP contribution is 2.36. The van der Waals surface area contributed by atoms with Gasteiger partial charge >= 0.3 is 12.1 Å². The van der Waals surface area contributed by atoms with Crippen LogP contribution in [0, 0.1) is 16.9 Å². The predicted molar refractivity (Wildman–Crippen MR) is 192 cm³/mol. The maximum atomic E-state index is 14.2. The summed E-state index contributed by atoms with van der Waals surface area (Å²) in [4.78, 5) is 43.3. The van der Waals surface area contributed by atoms with Crippen molar-refractivity contribution < 1.29 is 47.6 Å². The number of rotatable bonds is 11. The number of amides is 1. The Labute approximate surface area is 314 Å². The maximum Gasteiger partial charge on any atom is 0.416 e. The van der Waals surface area contributed by atoms with E-state index in [0.29, 0.717) is 39.5 Å². The molecule has 3 aliphatic rings. The van der Waals surface area contributed by atoms with Gasteiger partial charge in [-0.1, -0.05) is 41.4 Å². The molecule has 1 amide bonds. The first kappa shape index (κ1) is 39.0. The molecule has 0 unspecified atom stereocenters. The zero-order valence-electron chi connectivity index (χ0n) is 28.8. The number of nitrogens with zero attached hydrogens (tertiary/aromatic N) is 4. The lowest BCUT2D eigenvalue weighted by molar-refractivity contribution is -0.605. The molecule has 1 N–H and O–H groups in total. The van der Waals surface area contributed by atoms with Gasteiger partial charge in [0.15, 0.2) is 23.9 Å². The number of pyridine rings is 2. The molecule has 2 bridgehead atoms. The van der Waals surface area contributed by atoms with Gasteiger partial charge < -0.3 is 29.3 Å². The van der Waals surface area contributed by atoms with Crippen LogP contribution in [0.2, 0.25) is 10.0 Å². The Kier molecular flexibility index (Phi) is 13.3. The predicted octanol–water partition coefficient (Wildman–Crippen LogP) is 6.26. The minimum Gasteiger partial charge on any atom is -0.619 e. The monoisotopic (exact) mass is 770 g/mol. The highest BCUT2D eigenvalue weighted by atomic mass is 35.5. The molecule has 5 heterocycles. The summed E-state index contributed by atoms with van der Waals surface area (Å²) in [5.74, 6) is 0.110. The standard InChI is InChI=1S/C36H35Cl2FN4O7.CH2O2/c1-47-30-8-7-25(15-32(30)48-2)31(17-27-28(37)19-42(46)20-29(27)38)49-35(44)24-5-3-22(4-6-24)18-43(34-16-26(39)9-12-40-34)36(45)50-33-21-41-13-10-23(33)11-14-41;2-1-3/h3-9,12,15-16,19-20,23,31,33H,10-11,13-14,17-18,21H2,1-2H3;1H,(H,2,3)/t31-,33-;/m0./s1. The van der Waals surface area contributed by atoms with E-state index in [1.165, 1.54) is 49.8 Å². The average Bonchev–Trinajstić information content (AvgIpc) is 3.15. The summed E-state index contributed by atoms with van der Waals surface area (Å²) in [7, 11) is 3.00. The number of aromatic nitrogens is 2. The lowest BCUT2D eigenvalue weighted by Crippen LogP contribution is -2.53. The largest absolute Gasteiger partial charge is 0.619 e. The summed E-state index contributed by atoms with van der Waals surface area (Å²) in [5, 5.41) is 19.0. The molecule has 16 heteroatoms. The van der Waals surface area contributed by atoms with Crippen molar-refractivity contribution in [2.75, 3.05) is 38.8 Å². The molecule has 0 radical (unpaired) electrons. The second-order valence-corrected chi connectivity index (χ2v) is 13.1. The zero-order valence-corrected chi connectivity index (χ0v) is 30.3. The van der Waals surface area contributed by atoms with Gasteiger partial charge in [0, 0.05) is 30.8 Å². The van der Waals surface area contributed by atoms with Gasteiger partial charge in [-0.3, -0.25) is 14.6 Å². The van der Waals surface area contributed by atoms with E-state index in [1.807, 2.05) is 0 Å². The third-order valence-electron chi connectivity index (χ3n) is 9.06. The number of piperidine rings is 3. The smallest absolute Gasteiger partial charge is 0.416 e. The van der Waals surface area contributed by atoms with Crippen LogP contribution in [-0.2, 0) is 27.2 Å². The molecule has 2 atom stereocenters. The van der Waals surface area contributed by atoms with Gasteiger partial charge in [0.25, 0.3) is 6.47 Å². The first-order valence-corrected chi connectivity index (χ1v) is 17.3. The van der Waals surface area contributed by atoms with Crippen LogP contribution in [0.1, 0.15) is 46.0 Å². The Balaban J connectivity index is 0.00000175. The van der Waals surface area contributed by atoms with E-state index < -0.39 is 24.0 Å². The van der Waals surface area contributed by atoms with Crippen LogP contribution >= 0.6 is 23.2 Å². The first-order chi connectivity index (χ1) is 25.5. The fraction of sp³-hybridized carbons (Fsp3) is 0.324. The van der Waals surface area contributed by atoms with Crippen LogP contribution in [0.4, 0.5) is 15.0 Å². The third kappa shape index (κ3) is 9.83. The van der Waals surface area contributed by atoms with E-state index in [1.54, 1.807) is 42.5 Å². The van der Waals surface area contributed by atoms with Crippen LogP contribution in [0.25, 0.3) is 0 Å². The molecule has 53 heavy (non-hydrogen) atoms. The molecule has 280 valence electrons. The number of methoxy groups -OCH3 is 2. The average molecular weight is 772 g/mol. The fourth-order valence-corrected chi connectivity index (χ4v) is 6.93. The van der Waals surface area contributed by atoms with E-state index in [-0.39, 0.29) is 52.9 Å². The molecule has 0 spiro atoms. The number of carboxylic acid groups (broad SMARTS) is 1. The normalized spacial score (nSPS) is 17.8. The third-order valence-corrected chi connectivity index (χ3v) is 9.71. The van der Waals surface area contributed by atoms with Crippen LogP contribution in [0.5, 0.6) is 11.5 Å². The molecule has 3 aliphatic heterocycles. The van der Waals surface area contributed by atoms with Crippen molar-refractivity contribution in [2.24, 2.45) is 5.92 Å². The molecule has 2 aromatic heterocycles. The summed E-state index contributed by atoms with van der Waals surface area (Å²) < 4.78 is 37.5. The Morgan fingerprint density at radius 1 is 1.06 bits per heavy atom. The quantitative estimate of drug-likeness (QED) is 0.0796. The lowest BCUT2D eigenvalue weighted by atomic mass is 9.86. The Bertz CT molecular complexity index is 1890. The minimum absolute atomic E-state index is 0.0186. The number of esters is 1. The Hall–Kier alpha value is -5.18. The van der Waals surface area contributed by atoms with Crippen LogP contribution in [-0.4, -0.2) is 73.5 Å². The van der Waals surface area contributed by atoms with Gasteiger partial charge in [-0.25, -0.2) is 19.0 Å². The number of carbonyl (C=O) groups excluding carboxylic acids is 2. The highest BCUT2D eigenvalue weighted by Gasteiger charge is 2.37. The molecule has 3 saturated heterocycles. The second kappa shape index (κ2) is 18.0. The highest BCUT2D eigenvalue weighted by molar-refractivity contribution is 6.35. The van der Waals surface area contributed by atoms with Crippen molar-refractivity contribution in [1.82, 2.24) is 9.88 Å². The van der Waals surface area contributed by atoms with Gasteiger partial charge in [0.2, 0.25) is 0 Å². The van der Waals surface area contributed by atoms with E-state index in [0.717, 1.165) is 25.9 Å². The second-order valence-electron chi connectivity index (χ2n) is 12.3. The van der Waals surface area contributed by atoms with E-state index >= 15 is 0 Å². The van der Waals surface area contributed by atoms with Gasteiger partial charge in [0.1, 0.15) is 33.9 Å². The van der Waals surface area contributed by atoms with Crippen molar-refractivity contribution in [3.8, 4) is 11.5 Å². The number of hydrogen-bond donors (Lipinski definition) is 1. The summed E-state index contributed by atoms with van der Waals surface area (Å²) in [5.41, 5.74) is 1.86. The summed E-state index contributed by atoms with van der Waals surface area (Å²) >= 11 is 12.8. The number of halogens is 3. The molecule has 3 fully saturated rings. The van der Waals surface area contributed by atoms with Gasteiger partial charge in [0.05, 0.1) is 26.3 Å². The molecular formula is C37H37Cl2FN4O9. The van der Waals surface area contributed by atoms with E-state index in [4.69, 9.17) is 52.1 Å². The van der Waals surface area contributed by atoms with Crippen molar-refractivity contribution in [3.63, 3.8) is 0 Å². The Morgan fingerprint density at radius 2 is 1.72 bits per heavy atom. The topological polar surface area (TPSA) is 155 Å². The number of carbonyl (C=O) groups is 3. The minimum atomic E-state index is -0.893.